The van der Waals surface area contributed by atoms with Crippen LogP contribution < -0.4 is 0 Å². The van der Waals surface area contributed by atoms with Gasteiger partial charge in [0, 0.05) is 11.0 Å². The standard InChI is InChI=1S/C12H13BrFNO2/c13-9-4-1-5-10(14)11(9)12(17)15-6-2-3-8(15)7-16/h1,4-5,8,16H,2-3,6-7H2/t8-/m1/s1. The van der Waals surface area contributed by atoms with Gasteiger partial charge in [-0.1, -0.05) is 6.07 Å². The molecule has 0 bridgehead atoms. The summed E-state index contributed by atoms with van der Waals surface area (Å²) in [6.45, 7) is 0.503. The van der Waals surface area contributed by atoms with Gasteiger partial charge in [0.05, 0.1) is 18.2 Å². The van der Waals surface area contributed by atoms with Crippen LogP contribution in [0.25, 0.3) is 0 Å². The van der Waals surface area contributed by atoms with Gasteiger partial charge in [0.15, 0.2) is 0 Å². The third kappa shape index (κ3) is 2.35. The number of benzene rings is 1. The average molecular weight is 302 g/mol. The Morgan fingerprint density at radius 2 is 2.35 bits per heavy atom. The van der Waals surface area contributed by atoms with Crippen LogP contribution in [0.15, 0.2) is 22.7 Å². The van der Waals surface area contributed by atoms with E-state index < -0.39 is 5.82 Å². The number of carbonyl (C=O) groups is 1. The molecule has 1 heterocycles. The number of hydrogen-bond acceptors (Lipinski definition) is 2. The third-order valence-electron chi connectivity index (χ3n) is 3.03. The molecule has 17 heavy (non-hydrogen) atoms. The van der Waals surface area contributed by atoms with Gasteiger partial charge in [0.25, 0.3) is 5.91 Å². The molecule has 92 valence electrons. The highest BCUT2D eigenvalue weighted by Crippen LogP contribution is 2.25. The van der Waals surface area contributed by atoms with E-state index in [1.54, 1.807) is 17.0 Å². The highest BCUT2D eigenvalue weighted by Gasteiger charge is 2.31. The van der Waals surface area contributed by atoms with Gasteiger partial charge in [-0.05, 0) is 40.9 Å². The second kappa shape index (κ2) is 5.14. The molecule has 1 aromatic carbocycles. The molecule has 0 aromatic heterocycles. The lowest BCUT2D eigenvalue weighted by Crippen LogP contribution is -2.38. The van der Waals surface area contributed by atoms with Gasteiger partial charge in [-0.2, -0.15) is 0 Å². The largest absolute Gasteiger partial charge is 0.394 e. The summed E-state index contributed by atoms with van der Waals surface area (Å²) in [5.41, 5.74) is 0.0489. The summed E-state index contributed by atoms with van der Waals surface area (Å²) in [4.78, 5) is 13.7. The molecule has 2 rings (SSSR count). The van der Waals surface area contributed by atoms with Crippen LogP contribution in [0.2, 0.25) is 0 Å². The maximum Gasteiger partial charge on any atom is 0.258 e. The van der Waals surface area contributed by atoms with Crippen molar-refractivity contribution in [2.45, 2.75) is 18.9 Å². The van der Waals surface area contributed by atoms with Crippen LogP contribution in [0.4, 0.5) is 4.39 Å². The van der Waals surface area contributed by atoms with Gasteiger partial charge in [0.1, 0.15) is 5.82 Å². The number of hydrogen-bond donors (Lipinski definition) is 1. The SMILES string of the molecule is O=C(c1c(F)cccc1Br)N1CCC[C@@H]1CO. The van der Waals surface area contributed by atoms with Gasteiger partial charge >= 0.3 is 0 Å². The molecular weight excluding hydrogens is 289 g/mol. The zero-order chi connectivity index (χ0) is 12.4. The first-order valence-corrected chi connectivity index (χ1v) is 6.30. The molecule has 1 aliphatic rings. The minimum Gasteiger partial charge on any atom is -0.394 e. The second-order valence-electron chi connectivity index (χ2n) is 4.07. The highest BCUT2D eigenvalue weighted by atomic mass is 79.9. The number of aliphatic hydroxyl groups excluding tert-OH is 1. The summed E-state index contributed by atoms with van der Waals surface area (Å²) >= 11 is 3.19. The topological polar surface area (TPSA) is 40.5 Å². The molecule has 0 unspecified atom stereocenters. The minimum absolute atomic E-state index is 0.0489. The summed E-state index contributed by atoms with van der Waals surface area (Å²) in [5.74, 6) is -0.889. The van der Waals surface area contributed by atoms with Crippen LogP contribution in [-0.2, 0) is 0 Å². The normalized spacial score (nSPS) is 19.7. The molecule has 0 radical (unpaired) electrons. The highest BCUT2D eigenvalue weighted by molar-refractivity contribution is 9.10. The molecule has 0 aliphatic carbocycles. The first kappa shape index (κ1) is 12.5. The Morgan fingerprint density at radius 3 is 3.00 bits per heavy atom. The van der Waals surface area contributed by atoms with Crippen molar-refractivity contribution in [3.05, 3.63) is 34.1 Å². The Hall–Kier alpha value is -0.940. The number of carbonyl (C=O) groups excluding carboxylic acids is 1. The van der Waals surface area contributed by atoms with Gasteiger partial charge in [0.2, 0.25) is 0 Å². The maximum absolute atomic E-state index is 13.6. The van der Waals surface area contributed by atoms with Crippen molar-refractivity contribution in [2.75, 3.05) is 13.2 Å². The monoisotopic (exact) mass is 301 g/mol. The van der Waals surface area contributed by atoms with Crippen LogP contribution in [0.1, 0.15) is 23.2 Å². The van der Waals surface area contributed by atoms with Crippen molar-refractivity contribution < 1.29 is 14.3 Å². The minimum atomic E-state index is -0.534. The van der Waals surface area contributed by atoms with E-state index in [2.05, 4.69) is 15.9 Å². The third-order valence-corrected chi connectivity index (χ3v) is 3.69. The van der Waals surface area contributed by atoms with E-state index in [0.29, 0.717) is 11.0 Å². The lowest BCUT2D eigenvalue weighted by molar-refractivity contribution is 0.0672. The summed E-state index contributed by atoms with van der Waals surface area (Å²) in [5, 5.41) is 9.17. The van der Waals surface area contributed by atoms with Crippen molar-refractivity contribution in [1.29, 1.82) is 0 Å². The van der Waals surface area contributed by atoms with Crippen molar-refractivity contribution in [3.8, 4) is 0 Å². The van der Waals surface area contributed by atoms with E-state index in [4.69, 9.17) is 0 Å². The van der Waals surface area contributed by atoms with Gasteiger partial charge in [-0.25, -0.2) is 4.39 Å². The fraction of sp³-hybridized carbons (Fsp3) is 0.417. The van der Waals surface area contributed by atoms with Crippen molar-refractivity contribution in [2.24, 2.45) is 0 Å². The number of likely N-dealkylation sites (tertiary alicyclic amines) is 1. The van der Waals surface area contributed by atoms with E-state index >= 15 is 0 Å². The molecule has 0 saturated carbocycles. The van der Waals surface area contributed by atoms with Crippen LogP contribution in [0.5, 0.6) is 0 Å². The van der Waals surface area contributed by atoms with Crippen LogP contribution in [-0.4, -0.2) is 35.1 Å². The summed E-state index contributed by atoms with van der Waals surface area (Å²) in [6, 6.07) is 4.26. The molecular formula is C12H13BrFNO2. The summed E-state index contributed by atoms with van der Waals surface area (Å²) in [6.07, 6.45) is 1.62. The number of nitrogens with zero attached hydrogens (tertiary/aromatic N) is 1. The molecule has 1 aliphatic heterocycles. The fourth-order valence-electron chi connectivity index (χ4n) is 2.14. The van der Waals surface area contributed by atoms with Gasteiger partial charge < -0.3 is 10.0 Å². The van der Waals surface area contributed by atoms with Gasteiger partial charge in [-0.3, -0.25) is 4.79 Å². The van der Waals surface area contributed by atoms with Crippen LogP contribution >= 0.6 is 15.9 Å². The zero-order valence-electron chi connectivity index (χ0n) is 9.20. The molecule has 5 heteroatoms. The lowest BCUT2D eigenvalue weighted by Gasteiger charge is -2.23. The molecule has 1 aromatic rings. The first-order chi connectivity index (χ1) is 8.15. The zero-order valence-corrected chi connectivity index (χ0v) is 10.8. The number of aliphatic hydroxyl groups is 1. The van der Waals surface area contributed by atoms with E-state index in [1.807, 2.05) is 0 Å². The van der Waals surface area contributed by atoms with Crippen LogP contribution in [0, 0.1) is 5.82 Å². The maximum atomic E-state index is 13.6. The van der Waals surface area contributed by atoms with Gasteiger partial charge in [-0.15, -0.1) is 0 Å². The molecule has 3 nitrogen and oxygen atoms in total. The smallest absolute Gasteiger partial charge is 0.258 e. The molecule has 0 spiro atoms. The number of amides is 1. The Labute approximate surface area is 107 Å². The van der Waals surface area contributed by atoms with E-state index in [-0.39, 0.29) is 24.1 Å². The quantitative estimate of drug-likeness (QED) is 0.910. The van der Waals surface area contributed by atoms with Crippen molar-refractivity contribution in [1.82, 2.24) is 4.90 Å². The molecule has 1 amide bonds. The fourth-order valence-corrected chi connectivity index (χ4v) is 2.65. The second-order valence-corrected chi connectivity index (χ2v) is 4.93. The number of rotatable bonds is 2. The predicted octanol–water partition coefficient (Wildman–Crippen LogP) is 2.19. The summed E-state index contributed by atoms with van der Waals surface area (Å²) in [7, 11) is 0. The van der Waals surface area contributed by atoms with Crippen LogP contribution in [0.3, 0.4) is 0 Å². The Balaban J connectivity index is 2.31. The Kier molecular flexibility index (Phi) is 3.79. The molecule has 1 fully saturated rings. The van der Waals surface area contributed by atoms with E-state index in [0.717, 1.165) is 12.8 Å². The molecule has 1 atom stereocenters. The lowest BCUT2D eigenvalue weighted by atomic mass is 10.1. The average Bonchev–Trinajstić information content (AvgIpc) is 2.76. The predicted molar refractivity (Wildman–Crippen MR) is 65.2 cm³/mol. The Morgan fingerprint density at radius 1 is 1.59 bits per heavy atom. The molecule has 1 N–H and O–H groups in total. The molecule has 1 saturated heterocycles. The van der Waals surface area contributed by atoms with E-state index in [9.17, 15) is 14.3 Å². The number of halogens is 2. The first-order valence-electron chi connectivity index (χ1n) is 5.51. The van der Waals surface area contributed by atoms with Crippen molar-refractivity contribution in [3.63, 3.8) is 0 Å². The van der Waals surface area contributed by atoms with Crippen molar-refractivity contribution >= 4 is 21.8 Å². The van der Waals surface area contributed by atoms with E-state index in [1.165, 1.54) is 6.07 Å². The Bertz CT molecular complexity index is 418. The summed E-state index contributed by atoms with van der Waals surface area (Å²) < 4.78 is 14.1.